The van der Waals surface area contributed by atoms with E-state index in [2.05, 4.69) is 35.4 Å². The number of ether oxygens (including phenoxy) is 3. The minimum Gasteiger partial charge on any atom is -0.493 e. The molecule has 1 aromatic rings. The van der Waals surface area contributed by atoms with Crippen molar-refractivity contribution in [1.29, 1.82) is 0 Å². The molecule has 2 aliphatic rings. The molecule has 0 radical (unpaired) electrons. The number of carbonyl (C=O) groups excluding carboxylic acids is 1. The number of nitrogens with one attached hydrogen (secondary N) is 1. The van der Waals surface area contributed by atoms with Gasteiger partial charge in [0.15, 0.2) is 11.5 Å². The molecular weight excluding hydrogens is 440 g/mol. The van der Waals surface area contributed by atoms with Crippen LogP contribution >= 0.6 is 12.2 Å². The van der Waals surface area contributed by atoms with Gasteiger partial charge in [-0.1, -0.05) is 6.08 Å². The molecule has 1 fully saturated rings. The highest BCUT2D eigenvalue weighted by atomic mass is 32.1. The summed E-state index contributed by atoms with van der Waals surface area (Å²) in [6, 6.07) is 3.58. The van der Waals surface area contributed by atoms with Crippen molar-refractivity contribution < 1.29 is 23.5 Å². The number of thiocarbonyl (C=S) groups is 1. The van der Waals surface area contributed by atoms with Gasteiger partial charge in [-0.2, -0.15) is 0 Å². The largest absolute Gasteiger partial charge is 0.493 e. The van der Waals surface area contributed by atoms with Gasteiger partial charge in [0.1, 0.15) is 0 Å². The van der Waals surface area contributed by atoms with Gasteiger partial charge in [0.2, 0.25) is 17.3 Å². The summed E-state index contributed by atoms with van der Waals surface area (Å²) < 4.78 is 16.7. The van der Waals surface area contributed by atoms with Crippen molar-refractivity contribution >= 4 is 35.5 Å². The van der Waals surface area contributed by atoms with Gasteiger partial charge < -0.3 is 19.5 Å². The first-order valence-electron chi connectivity index (χ1n) is 10.9. The quantitative estimate of drug-likeness (QED) is 0.244. The number of aliphatic imine (C=N–C) groups is 1. The first-order valence-corrected chi connectivity index (χ1v) is 11.3. The molecule has 8 nitrogen and oxygen atoms in total. The standard InChI is InChI=1S/C24H32N4O4S/c1-28(2)23(33)27(24(28)11-8-12-25-17-24)14-7-6-13-26-21(29)10-9-18-15-19(30-3)22(32-5)20(16-18)31-4/h8-10,12,15-17H,6-7,11,13-14H2,1-5H3/p+1/b10-9+. The van der Waals surface area contributed by atoms with E-state index in [1.54, 1.807) is 39.5 Å². The summed E-state index contributed by atoms with van der Waals surface area (Å²) in [7, 11) is 8.93. The SMILES string of the molecule is COc1cc(/C=C/C(=O)NCCCCN2C(=S)[N+](C)(C)C23C=NC=CC3)cc(OC)c1OC. The molecule has 1 spiro atoms. The van der Waals surface area contributed by atoms with Crippen molar-refractivity contribution in [3.05, 3.63) is 36.0 Å². The van der Waals surface area contributed by atoms with Crippen LogP contribution in [-0.4, -0.2) is 80.8 Å². The maximum absolute atomic E-state index is 12.2. The Kier molecular flexibility index (Phi) is 7.76. The normalized spacial score (nSPS) is 20.8. The third-order valence-corrected chi connectivity index (χ3v) is 6.93. The number of hydrogen-bond donors (Lipinski definition) is 1. The molecule has 1 atom stereocenters. The number of benzene rings is 1. The summed E-state index contributed by atoms with van der Waals surface area (Å²) in [5.74, 6) is 1.45. The highest BCUT2D eigenvalue weighted by Gasteiger charge is 2.64. The molecule has 1 aromatic carbocycles. The highest BCUT2D eigenvalue weighted by molar-refractivity contribution is 7.80. The molecule has 1 unspecified atom stereocenters. The molecule has 1 amide bonds. The Morgan fingerprint density at radius 1 is 1.21 bits per heavy atom. The van der Waals surface area contributed by atoms with E-state index in [1.165, 1.54) is 6.08 Å². The van der Waals surface area contributed by atoms with E-state index in [1.807, 2.05) is 12.4 Å². The summed E-state index contributed by atoms with van der Waals surface area (Å²) in [5, 5.41) is 3.86. The lowest BCUT2D eigenvalue weighted by atomic mass is 9.93. The maximum Gasteiger partial charge on any atom is 0.279 e. The Morgan fingerprint density at radius 3 is 2.48 bits per heavy atom. The average Bonchev–Trinajstić information content (AvgIpc) is 2.84. The van der Waals surface area contributed by atoms with Gasteiger partial charge >= 0.3 is 0 Å². The molecule has 0 aliphatic carbocycles. The molecule has 0 aromatic heterocycles. The zero-order chi connectivity index (χ0) is 24.1. The predicted molar refractivity (Wildman–Crippen MR) is 134 cm³/mol. The number of amides is 1. The molecule has 9 heteroatoms. The van der Waals surface area contributed by atoms with Crippen molar-refractivity contribution in [3.8, 4) is 17.2 Å². The molecule has 33 heavy (non-hydrogen) atoms. The van der Waals surface area contributed by atoms with Crippen molar-refractivity contribution in [2.45, 2.75) is 24.9 Å². The number of nitrogens with zero attached hydrogens (tertiary/aromatic N) is 3. The van der Waals surface area contributed by atoms with Gasteiger partial charge in [-0.15, -0.1) is 0 Å². The van der Waals surface area contributed by atoms with Crippen LogP contribution in [0.15, 0.2) is 35.5 Å². The minimum absolute atomic E-state index is 0.151. The van der Waals surface area contributed by atoms with Crippen molar-refractivity contribution in [1.82, 2.24) is 10.2 Å². The third-order valence-electron chi connectivity index (χ3n) is 6.26. The molecule has 2 aliphatic heterocycles. The second-order valence-corrected chi connectivity index (χ2v) is 8.79. The second-order valence-electron chi connectivity index (χ2n) is 8.42. The summed E-state index contributed by atoms with van der Waals surface area (Å²) in [6.07, 6.45) is 11.9. The Hall–Kier alpha value is -2.91. The monoisotopic (exact) mass is 473 g/mol. The Balaban J connectivity index is 1.47. The number of unbranched alkanes of at least 4 members (excludes halogenated alkanes) is 1. The zero-order valence-corrected chi connectivity index (χ0v) is 20.8. The van der Waals surface area contributed by atoms with Gasteiger partial charge in [-0.05, 0) is 36.6 Å². The van der Waals surface area contributed by atoms with E-state index < -0.39 is 0 Å². The summed E-state index contributed by atoms with van der Waals surface area (Å²) in [6.45, 7) is 1.44. The van der Waals surface area contributed by atoms with E-state index in [0.29, 0.717) is 28.3 Å². The molecular formula is C24H33N4O4S+. The zero-order valence-electron chi connectivity index (χ0n) is 20.0. The smallest absolute Gasteiger partial charge is 0.279 e. The van der Waals surface area contributed by atoms with Crippen LogP contribution in [0.4, 0.5) is 0 Å². The van der Waals surface area contributed by atoms with Gasteiger partial charge in [0.05, 0.1) is 41.6 Å². The highest BCUT2D eigenvalue weighted by Crippen LogP contribution is 2.41. The number of rotatable bonds is 10. The third kappa shape index (κ3) is 4.74. The lowest BCUT2D eigenvalue weighted by molar-refractivity contribution is -0.899. The van der Waals surface area contributed by atoms with Crippen LogP contribution in [0.25, 0.3) is 6.08 Å². The lowest BCUT2D eigenvalue weighted by Gasteiger charge is -2.62. The number of hydrogen-bond acceptors (Lipinski definition) is 6. The van der Waals surface area contributed by atoms with E-state index in [0.717, 1.165) is 36.5 Å². The first-order chi connectivity index (χ1) is 15.8. The molecule has 2 heterocycles. The van der Waals surface area contributed by atoms with Crippen molar-refractivity contribution in [2.75, 3.05) is 48.5 Å². The van der Waals surface area contributed by atoms with Crippen LogP contribution in [0.2, 0.25) is 0 Å². The van der Waals surface area contributed by atoms with Gasteiger partial charge in [-0.25, -0.2) is 4.48 Å². The molecule has 3 rings (SSSR count). The van der Waals surface area contributed by atoms with Gasteiger partial charge in [0, 0.05) is 44.0 Å². The lowest BCUT2D eigenvalue weighted by Crippen LogP contribution is -2.85. The minimum atomic E-state index is -0.182. The van der Waals surface area contributed by atoms with Crippen LogP contribution in [0, 0.1) is 0 Å². The van der Waals surface area contributed by atoms with Crippen LogP contribution in [0.5, 0.6) is 17.2 Å². The fourth-order valence-corrected chi connectivity index (χ4v) is 4.68. The molecule has 178 valence electrons. The van der Waals surface area contributed by atoms with E-state index in [4.69, 9.17) is 26.4 Å². The molecule has 1 saturated heterocycles. The van der Waals surface area contributed by atoms with Gasteiger partial charge in [0.25, 0.3) is 5.11 Å². The molecule has 1 N–H and O–H groups in total. The fourth-order valence-electron chi connectivity index (χ4n) is 4.27. The average molecular weight is 474 g/mol. The number of carbonyl (C=O) groups is 1. The number of quaternary nitrogens is 1. The topological polar surface area (TPSA) is 72.4 Å². The van der Waals surface area contributed by atoms with E-state index >= 15 is 0 Å². The first kappa shape index (κ1) is 24.7. The predicted octanol–water partition coefficient (Wildman–Crippen LogP) is 2.98. The number of methoxy groups -OCH3 is 3. The van der Waals surface area contributed by atoms with Crippen LogP contribution < -0.4 is 19.5 Å². The Labute approximate surface area is 201 Å². The Morgan fingerprint density at radius 2 is 1.91 bits per heavy atom. The fraction of sp³-hybridized carbons (Fsp3) is 0.458. The molecule has 0 saturated carbocycles. The van der Waals surface area contributed by atoms with E-state index in [9.17, 15) is 4.79 Å². The van der Waals surface area contributed by atoms with Crippen molar-refractivity contribution in [2.24, 2.45) is 4.99 Å². The Bertz CT molecular complexity index is 964. The van der Waals surface area contributed by atoms with E-state index in [-0.39, 0.29) is 11.6 Å². The second kappa shape index (κ2) is 10.4. The van der Waals surface area contributed by atoms with Crippen LogP contribution in [0.3, 0.4) is 0 Å². The summed E-state index contributed by atoms with van der Waals surface area (Å²) >= 11 is 5.65. The summed E-state index contributed by atoms with van der Waals surface area (Å²) in [4.78, 5) is 18.9. The molecule has 0 bridgehead atoms. The maximum atomic E-state index is 12.2. The van der Waals surface area contributed by atoms with Crippen molar-refractivity contribution in [3.63, 3.8) is 0 Å². The summed E-state index contributed by atoms with van der Waals surface area (Å²) in [5.41, 5.74) is 0.596. The van der Waals surface area contributed by atoms with Crippen LogP contribution in [-0.2, 0) is 4.79 Å². The van der Waals surface area contributed by atoms with Crippen LogP contribution in [0.1, 0.15) is 24.8 Å². The van der Waals surface area contributed by atoms with Gasteiger partial charge in [-0.3, -0.25) is 14.7 Å².